The van der Waals surface area contributed by atoms with Crippen LogP contribution in [0.5, 0.6) is 0 Å². The molecule has 0 saturated heterocycles. The van der Waals surface area contributed by atoms with Gasteiger partial charge in [-0.05, 0) is 68.5 Å². The van der Waals surface area contributed by atoms with Crippen molar-refractivity contribution in [3.05, 3.63) is 70.3 Å². The van der Waals surface area contributed by atoms with E-state index in [1.54, 1.807) is 18.2 Å². The summed E-state index contributed by atoms with van der Waals surface area (Å²) in [5, 5.41) is 26.9. The van der Waals surface area contributed by atoms with Crippen molar-refractivity contribution in [2.45, 2.75) is 113 Å². The van der Waals surface area contributed by atoms with Gasteiger partial charge in [0.05, 0.1) is 4.92 Å². The number of nitro groups is 1. The summed E-state index contributed by atoms with van der Waals surface area (Å²) in [6, 6.07) is 16.3. The number of carboxylic acid groups (broad SMARTS) is 1. The van der Waals surface area contributed by atoms with E-state index in [2.05, 4.69) is 15.4 Å². The Morgan fingerprint density at radius 2 is 1.51 bits per heavy atom. The van der Waals surface area contributed by atoms with Crippen molar-refractivity contribution in [2.75, 3.05) is 6.54 Å². The molecular weight excluding hydrogens is 568 g/mol. The zero-order chi connectivity index (χ0) is 30.7. The van der Waals surface area contributed by atoms with Crippen LogP contribution in [-0.2, 0) is 16.1 Å². The van der Waals surface area contributed by atoms with Gasteiger partial charge < -0.3 is 20.5 Å². The fourth-order valence-corrected chi connectivity index (χ4v) is 6.25. The average molecular weight is 615 g/mol. The first-order chi connectivity index (χ1) is 20.9. The molecule has 0 unspecified atom stereocenters. The zero-order valence-corrected chi connectivity index (χ0v) is 25.7. The molecule has 10 nitrogen and oxygen atoms in total. The number of hydrogen-bond donors (Lipinski definition) is 4. The van der Waals surface area contributed by atoms with Crippen molar-refractivity contribution in [3.8, 4) is 0 Å². The molecule has 0 radical (unpaired) electrons. The lowest BCUT2D eigenvalue weighted by Gasteiger charge is -2.30. The molecule has 0 aromatic heterocycles. The number of rotatable bonds is 14. The molecule has 4 rings (SSSR count). The third kappa shape index (κ3) is 13.8. The van der Waals surface area contributed by atoms with Crippen molar-refractivity contribution in [3.63, 3.8) is 0 Å². The number of alkyl carbamates (subject to hydrolysis) is 1. The van der Waals surface area contributed by atoms with Crippen LogP contribution in [0.3, 0.4) is 0 Å². The number of carboxylic acids is 1. The van der Waals surface area contributed by atoms with E-state index in [1.165, 1.54) is 70.3 Å². The van der Waals surface area contributed by atoms with E-state index in [9.17, 15) is 24.8 Å². The molecule has 0 aliphatic heterocycles. The SMILES string of the molecule is C1CCC(NC2CCCCC2)CC1.O=C(NCCCC[C@H](NSc1ccccc1[N+](=O)[O-])C(=O)O)OCc1ccccc1. The molecule has 4 N–H and O–H groups in total. The third-order valence-electron chi connectivity index (χ3n) is 7.75. The Hall–Kier alpha value is -3.15. The predicted octanol–water partition coefficient (Wildman–Crippen LogP) is 6.98. The fourth-order valence-electron chi connectivity index (χ4n) is 5.37. The number of carbonyl (C=O) groups excluding carboxylic acids is 1. The topological polar surface area (TPSA) is 143 Å². The number of nitrogens with one attached hydrogen (secondary N) is 3. The predicted molar refractivity (Wildman–Crippen MR) is 169 cm³/mol. The van der Waals surface area contributed by atoms with Gasteiger partial charge in [-0.1, -0.05) is 81.0 Å². The average Bonchev–Trinajstić information content (AvgIpc) is 3.03. The van der Waals surface area contributed by atoms with E-state index in [0.29, 0.717) is 30.7 Å². The van der Waals surface area contributed by atoms with Gasteiger partial charge in [-0.3, -0.25) is 14.9 Å². The summed E-state index contributed by atoms with van der Waals surface area (Å²) in [5.41, 5.74) is 0.802. The van der Waals surface area contributed by atoms with Gasteiger partial charge in [0.25, 0.3) is 5.69 Å². The van der Waals surface area contributed by atoms with Gasteiger partial charge in [-0.15, -0.1) is 0 Å². The van der Waals surface area contributed by atoms with E-state index in [1.807, 2.05) is 30.3 Å². The summed E-state index contributed by atoms with van der Waals surface area (Å²) in [7, 11) is 0. The maximum absolute atomic E-state index is 11.7. The normalized spacial score (nSPS) is 16.4. The first kappa shape index (κ1) is 34.3. The van der Waals surface area contributed by atoms with Crippen LogP contribution in [0.2, 0.25) is 0 Å². The first-order valence-corrected chi connectivity index (χ1v) is 16.3. The van der Waals surface area contributed by atoms with Gasteiger partial charge >= 0.3 is 12.1 Å². The molecule has 43 heavy (non-hydrogen) atoms. The lowest BCUT2D eigenvalue weighted by Crippen LogP contribution is -2.40. The number of benzene rings is 2. The number of carbonyl (C=O) groups is 2. The van der Waals surface area contributed by atoms with Crippen LogP contribution in [0.25, 0.3) is 0 Å². The van der Waals surface area contributed by atoms with Crippen LogP contribution < -0.4 is 15.4 Å². The van der Waals surface area contributed by atoms with Crippen molar-refractivity contribution < 1.29 is 24.4 Å². The van der Waals surface area contributed by atoms with Crippen LogP contribution in [0, 0.1) is 10.1 Å². The second-order valence-corrected chi connectivity index (χ2v) is 12.0. The highest BCUT2D eigenvalue weighted by Gasteiger charge is 2.21. The third-order valence-corrected chi connectivity index (χ3v) is 8.72. The van der Waals surface area contributed by atoms with Gasteiger partial charge in [0.15, 0.2) is 0 Å². The number of nitrogens with zero attached hydrogens (tertiary/aromatic N) is 1. The van der Waals surface area contributed by atoms with Crippen molar-refractivity contribution in [1.29, 1.82) is 0 Å². The maximum atomic E-state index is 11.7. The monoisotopic (exact) mass is 614 g/mol. The highest BCUT2D eigenvalue weighted by atomic mass is 32.2. The maximum Gasteiger partial charge on any atom is 0.407 e. The summed E-state index contributed by atoms with van der Waals surface area (Å²) in [4.78, 5) is 34.0. The highest BCUT2D eigenvalue weighted by Crippen LogP contribution is 2.27. The molecule has 1 atom stereocenters. The van der Waals surface area contributed by atoms with Crippen LogP contribution in [0.4, 0.5) is 10.5 Å². The van der Waals surface area contributed by atoms with Gasteiger partial charge in [-0.2, -0.15) is 0 Å². The van der Waals surface area contributed by atoms with Crippen molar-refractivity contribution >= 4 is 29.7 Å². The second-order valence-electron chi connectivity index (χ2n) is 11.2. The molecule has 11 heteroatoms. The van der Waals surface area contributed by atoms with Crippen LogP contribution in [0.15, 0.2) is 59.5 Å². The summed E-state index contributed by atoms with van der Waals surface area (Å²) in [6.45, 7) is 0.539. The minimum absolute atomic E-state index is 0.0858. The number of ether oxygens (including phenoxy) is 1. The van der Waals surface area contributed by atoms with Gasteiger partial charge in [-0.25, -0.2) is 9.52 Å². The molecule has 2 aliphatic carbocycles. The van der Waals surface area contributed by atoms with E-state index in [-0.39, 0.29) is 12.3 Å². The second kappa shape index (κ2) is 19.9. The summed E-state index contributed by atoms with van der Waals surface area (Å²) < 4.78 is 7.87. The van der Waals surface area contributed by atoms with Crippen LogP contribution >= 0.6 is 11.9 Å². The summed E-state index contributed by atoms with van der Waals surface area (Å²) in [5.74, 6) is -1.05. The van der Waals surface area contributed by atoms with Crippen molar-refractivity contribution in [2.24, 2.45) is 0 Å². The van der Waals surface area contributed by atoms with Crippen LogP contribution in [-0.4, -0.2) is 46.8 Å². The molecule has 2 fully saturated rings. The number of nitro benzene ring substituents is 1. The molecule has 2 aromatic carbocycles. The zero-order valence-electron chi connectivity index (χ0n) is 24.9. The smallest absolute Gasteiger partial charge is 0.407 e. The molecular formula is C32H46N4O6S. The quantitative estimate of drug-likeness (QED) is 0.0767. The summed E-state index contributed by atoms with van der Waals surface area (Å²) >= 11 is 0.923. The van der Waals surface area contributed by atoms with Crippen LogP contribution in [0.1, 0.15) is 89.0 Å². The highest BCUT2D eigenvalue weighted by molar-refractivity contribution is 7.97. The lowest BCUT2D eigenvalue weighted by molar-refractivity contribution is -0.387. The van der Waals surface area contributed by atoms with Gasteiger partial charge in [0.1, 0.15) is 17.5 Å². The van der Waals surface area contributed by atoms with Crippen molar-refractivity contribution in [1.82, 2.24) is 15.4 Å². The largest absolute Gasteiger partial charge is 0.480 e. The molecule has 2 aliphatic rings. The molecule has 236 valence electrons. The van der Waals surface area contributed by atoms with Gasteiger partial charge in [0, 0.05) is 24.7 Å². The fraction of sp³-hybridized carbons (Fsp3) is 0.562. The molecule has 0 heterocycles. The minimum Gasteiger partial charge on any atom is -0.480 e. The Bertz CT molecular complexity index is 1090. The Balaban J connectivity index is 0.000000321. The number of para-hydroxylation sites is 1. The molecule has 0 spiro atoms. The number of aliphatic carboxylic acids is 1. The van der Waals surface area contributed by atoms with E-state index in [0.717, 1.165) is 29.6 Å². The Labute approximate surface area is 259 Å². The number of unbranched alkanes of at least 4 members (excludes halogenated alkanes) is 1. The van der Waals surface area contributed by atoms with Gasteiger partial charge in [0.2, 0.25) is 0 Å². The molecule has 2 aromatic rings. The first-order valence-electron chi connectivity index (χ1n) is 15.5. The summed E-state index contributed by atoms with van der Waals surface area (Å²) in [6.07, 6.45) is 15.5. The number of amides is 1. The molecule has 2 saturated carbocycles. The minimum atomic E-state index is -1.05. The van der Waals surface area contributed by atoms with E-state index >= 15 is 0 Å². The van der Waals surface area contributed by atoms with E-state index in [4.69, 9.17) is 4.74 Å². The standard InChI is InChI=1S/C20H23N3O6S.C12H23N/c24-19(25)16(22-30-18-12-5-4-11-17(18)23(27)28)10-6-7-13-21-20(26)29-14-15-8-2-1-3-9-15;1-3-7-11(8-4-1)13-12-9-5-2-6-10-12/h1-5,8-9,11-12,16,22H,6-7,10,13-14H2,(H,21,26)(H,24,25);11-13H,1-10H2/t16-;/m0./s1. The molecule has 0 bridgehead atoms. The number of hydrogen-bond acceptors (Lipinski definition) is 8. The van der Waals surface area contributed by atoms with E-state index < -0.39 is 23.0 Å². The molecule has 1 amide bonds. The lowest BCUT2D eigenvalue weighted by atomic mass is 9.91. The Morgan fingerprint density at radius 3 is 2.12 bits per heavy atom. The Morgan fingerprint density at radius 1 is 0.907 bits per heavy atom. The Kier molecular flexibility index (Phi) is 15.9.